The second-order valence-electron chi connectivity index (χ2n) is 4.33. The summed E-state index contributed by atoms with van der Waals surface area (Å²) >= 11 is 0. The Morgan fingerprint density at radius 2 is 2.05 bits per heavy atom. The van der Waals surface area contributed by atoms with Crippen LogP contribution >= 0.6 is 10.7 Å². The molecule has 0 saturated heterocycles. The highest BCUT2D eigenvalue weighted by molar-refractivity contribution is 8.13. The average molecular weight is 304 g/mol. The van der Waals surface area contributed by atoms with E-state index in [1.165, 1.54) is 18.2 Å². The highest BCUT2D eigenvalue weighted by Crippen LogP contribution is 2.16. The van der Waals surface area contributed by atoms with Gasteiger partial charge in [0.15, 0.2) is 0 Å². The molecule has 6 heteroatoms. The lowest BCUT2D eigenvalue weighted by Crippen LogP contribution is -2.34. The molecular weight excluding hydrogens is 286 g/mol. The molecule has 1 rings (SSSR count). The van der Waals surface area contributed by atoms with Gasteiger partial charge in [-0.3, -0.25) is 4.79 Å². The number of rotatable bonds is 6. The van der Waals surface area contributed by atoms with E-state index in [4.69, 9.17) is 10.7 Å². The van der Waals surface area contributed by atoms with Crippen molar-refractivity contribution in [2.45, 2.75) is 44.0 Å². The van der Waals surface area contributed by atoms with Crippen LogP contribution < -0.4 is 5.32 Å². The van der Waals surface area contributed by atoms with E-state index in [1.807, 2.05) is 6.92 Å². The van der Waals surface area contributed by atoms with E-state index in [0.29, 0.717) is 5.56 Å². The van der Waals surface area contributed by atoms with Crippen LogP contribution in [0.4, 0.5) is 0 Å². The zero-order valence-electron chi connectivity index (χ0n) is 11.0. The predicted molar refractivity (Wildman–Crippen MR) is 75.9 cm³/mol. The third kappa shape index (κ3) is 4.84. The van der Waals surface area contributed by atoms with Gasteiger partial charge in [0, 0.05) is 22.3 Å². The molecule has 0 aromatic heterocycles. The van der Waals surface area contributed by atoms with E-state index in [9.17, 15) is 13.2 Å². The fraction of sp³-hybridized carbons (Fsp3) is 0.462. The minimum atomic E-state index is -3.81. The first-order chi connectivity index (χ1) is 8.88. The van der Waals surface area contributed by atoms with Gasteiger partial charge in [0.2, 0.25) is 0 Å². The van der Waals surface area contributed by atoms with Crippen LogP contribution in [-0.2, 0) is 9.05 Å². The number of halogens is 1. The van der Waals surface area contributed by atoms with Crippen LogP contribution in [0.2, 0.25) is 0 Å². The zero-order valence-corrected chi connectivity index (χ0v) is 12.6. The molecule has 0 aliphatic carbocycles. The number of hydrogen-bond acceptors (Lipinski definition) is 3. The van der Waals surface area contributed by atoms with E-state index in [-0.39, 0.29) is 16.8 Å². The molecule has 0 aliphatic heterocycles. The summed E-state index contributed by atoms with van der Waals surface area (Å²) in [5.74, 6) is -0.275. The van der Waals surface area contributed by atoms with E-state index >= 15 is 0 Å². The number of hydrogen-bond donors (Lipinski definition) is 1. The minimum Gasteiger partial charge on any atom is -0.349 e. The molecule has 1 atom stereocenters. The van der Waals surface area contributed by atoms with Gasteiger partial charge < -0.3 is 5.32 Å². The topological polar surface area (TPSA) is 63.2 Å². The van der Waals surface area contributed by atoms with Gasteiger partial charge in [0.1, 0.15) is 0 Å². The summed E-state index contributed by atoms with van der Waals surface area (Å²) in [5.41, 5.74) is 0.302. The molecule has 0 spiro atoms. The Bertz CT molecular complexity index is 543. The van der Waals surface area contributed by atoms with Crippen molar-refractivity contribution >= 4 is 25.6 Å². The van der Waals surface area contributed by atoms with E-state index in [2.05, 4.69) is 12.2 Å². The molecule has 1 aromatic rings. The highest BCUT2D eigenvalue weighted by Gasteiger charge is 2.15. The van der Waals surface area contributed by atoms with Crippen molar-refractivity contribution < 1.29 is 13.2 Å². The van der Waals surface area contributed by atoms with Crippen LogP contribution in [0.5, 0.6) is 0 Å². The fourth-order valence-electron chi connectivity index (χ4n) is 1.78. The molecule has 1 N–H and O–H groups in total. The lowest BCUT2D eigenvalue weighted by molar-refractivity contribution is 0.0933. The van der Waals surface area contributed by atoms with Crippen LogP contribution in [0, 0.1) is 0 Å². The van der Waals surface area contributed by atoms with Crippen molar-refractivity contribution in [3.05, 3.63) is 29.8 Å². The first-order valence-electron chi connectivity index (χ1n) is 6.24. The Labute approximate surface area is 118 Å². The van der Waals surface area contributed by atoms with Crippen molar-refractivity contribution in [2.24, 2.45) is 0 Å². The van der Waals surface area contributed by atoms with Crippen LogP contribution in [0.15, 0.2) is 29.2 Å². The maximum absolute atomic E-state index is 12.0. The maximum Gasteiger partial charge on any atom is 0.261 e. The molecule has 1 amide bonds. The summed E-state index contributed by atoms with van der Waals surface area (Å²) in [6.45, 7) is 4.05. The van der Waals surface area contributed by atoms with Gasteiger partial charge in [-0.2, -0.15) is 0 Å². The molecule has 0 heterocycles. The first-order valence-corrected chi connectivity index (χ1v) is 8.55. The SMILES string of the molecule is CCCC(CC)NC(=O)c1cccc(S(=O)(=O)Cl)c1. The molecule has 4 nitrogen and oxygen atoms in total. The number of nitrogens with one attached hydrogen (secondary N) is 1. The molecule has 0 bridgehead atoms. The van der Waals surface area contributed by atoms with Crippen LogP contribution in [-0.4, -0.2) is 20.4 Å². The van der Waals surface area contributed by atoms with E-state index in [0.717, 1.165) is 19.3 Å². The Hall–Kier alpha value is -1.07. The highest BCUT2D eigenvalue weighted by atomic mass is 35.7. The van der Waals surface area contributed by atoms with Gasteiger partial charge >= 0.3 is 0 Å². The largest absolute Gasteiger partial charge is 0.349 e. The van der Waals surface area contributed by atoms with Gasteiger partial charge in [0.05, 0.1) is 4.90 Å². The molecule has 19 heavy (non-hydrogen) atoms. The molecule has 1 unspecified atom stereocenters. The fourth-order valence-corrected chi connectivity index (χ4v) is 2.58. The van der Waals surface area contributed by atoms with Crippen molar-refractivity contribution in [2.75, 3.05) is 0 Å². The summed E-state index contributed by atoms with van der Waals surface area (Å²) in [6.07, 6.45) is 2.72. The van der Waals surface area contributed by atoms with Gasteiger partial charge in [-0.05, 0) is 31.0 Å². The van der Waals surface area contributed by atoms with Crippen molar-refractivity contribution in [3.63, 3.8) is 0 Å². The third-order valence-electron chi connectivity index (χ3n) is 2.84. The normalized spacial score (nSPS) is 13.0. The Kier molecular flexibility index (Phi) is 5.82. The minimum absolute atomic E-state index is 0.0645. The average Bonchev–Trinajstić information content (AvgIpc) is 2.37. The standard InChI is InChI=1S/C13H18ClNO3S/c1-3-6-11(4-2)15-13(16)10-7-5-8-12(9-10)19(14,17)18/h5,7-9,11H,3-4,6H2,1-2H3,(H,15,16). The van der Waals surface area contributed by atoms with Crippen molar-refractivity contribution in [1.29, 1.82) is 0 Å². The lowest BCUT2D eigenvalue weighted by Gasteiger charge is -2.16. The lowest BCUT2D eigenvalue weighted by atomic mass is 10.1. The predicted octanol–water partition coefficient (Wildman–Crippen LogP) is 2.92. The number of amides is 1. The Morgan fingerprint density at radius 3 is 2.58 bits per heavy atom. The number of carbonyl (C=O) groups excluding carboxylic acids is 1. The molecule has 0 fully saturated rings. The van der Waals surface area contributed by atoms with Crippen LogP contribution in [0.3, 0.4) is 0 Å². The van der Waals surface area contributed by atoms with Crippen molar-refractivity contribution in [3.8, 4) is 0 Å². The summed E-state index contributed by atoms with van der Waals surface area (Å²) in [6, 6.07) is 5.83. The monoisotopic (exact) mass is 303 g/mol. The zero-order chi connectivity index (χ0) is 14.5. The first kappa shape index (κ1) is 16.0. The molecular formula is C13H18ClNO3S. The smallest absolute Gasteiger partial charge is 0.261 e. The quantitative estimate of drug-likeness (QED) is 0.822. The van der Waals surface area contributed by atoms with Gasteiger partial charge in [-0.15, -0.1) is 0 Å². The second-order valence-corrected chi connectivity index (χ2v) is 6.90. The van der Waals surface area contributed by atoms with Gasteiger partial charge in [-0.1, -0.05) is 26.3 Å². The number of benzene rings is 1. The van der Waals surface area contributed by atoms with Gasteiger partial charge in [-0.25, -0.2) is 8.42 Å². The molecule has 0 aliphatic rings. The summed E-state index contributed by atoms with van der Waals surface area (Å²) in [4.78, 5) is 12.0. The summed E-state index contributed by atoms with van der Waals surface area (Å²) in [5, 5.41) is 2.89. The van der Waals surface area contributed by atoms with Gasteiger partial charge in [0.25, 0.3) is 15.0 Å². The van der Waals surface area contributed by atoms with Crippen LogP contribution in [0.25, 0.3) is 0 Å². The van der Waals surface area contributed by atoms with Crippen LogP contribution in [0.1, 0.15) is 43.5 Å². The van der Waals surface area contributed by atoms with Crippen molar-refractivity contribution in [1.82, 2.24) is 5.32 Å². The second kappa shape index (κ2) is 6.91. The summed E-state index contributed by atoms with van der Waals surface area (Å²) in [7, 11) is 1.45. The maximum atomic E-state index is 12.0. The Balaban J connectivity index is 2.88. The van der Waals surface area contributed by atoms with E-state index < -0.39 is 9.05 Å². The Morgan fingerprint density at radius 1 is 1.37 bits per heavy atom. The summed E-state index contributed by atoms with van der Waals surface area (Å²) < 4.78 is 22.4. The number of carbonyl (C=O) groups is 1. The molecule has 1 aromatic carbocycles. The third-order valence-corrected chi connectivity index (χ3v) is 4.19. The molecule has 106 valence electrons. The molecule has 0 radical (unpaired) electrons. The molecule has 0 saturated carbocycles. The van der Waals surface area contributed by atoms with E-state index in [1.54, 1.807) is 6.07 Å².